The van der Waals surface area contributed by atoms with Crippen LogP contribution in [0.15, 0.2) is 48.8 Å². The molecule has 0 aliphatic carbocycles. The largest absolute Gasteiger partial charge is 0.497 e. The molecule has 5 rings (SSSR count). The van der Waals surface area contributed by atoms with Crippen molar-refractivity contribution in [2.24, 2.45) is 5.92 Å². The number of amides is 1. The highest BCUT2D eigenvalue weighted by Crippen LogP contribution is 2.33. The Labute approximate surface area is 176 Å². The van der Waals surface area contributed by atoms with E-state index in [1.165, 1.54) is 5.69 Å². The number of piperazine rings is 1. The summed E-state index contributed by atoms with van der Waals surface area (Å²) in [5.41, 5.74) is 3.20. The minimum absolute atomic E-state index is 0.134. The van der Waals surface area contributed by atoms with Crippen LogP contribution < -0.4 is 9.64 Å². The molecule has 2 aromatic heterocycles. The van der Waals surface area contributed by atoms with E-state index in [4.69, 9.17) is 4.74 Å². The molecule has 2 fully saturated rings. The molecule has 0 N–H and O–H groups in total. The number of pyridine rings is 1. The fourth-order valence-corrected chi connectivity index (χ4v) is 4.91. The zero-order valence-electron chi connectivity index (χ0n) is 17.3. The molecule has 0 bridgehead atoms. The standard InChI is InChI=1S/C23H27N5O2/c1-30-21-9-3-8-19(14-21)26-11-12-27-20(15-26)13-17(23(27)29)5-2-6-18-7-4-10-22-24-16-25-28(18)22/h3-4,7-10,14,16-17,20H,2,5-6,11-13,15H2,1H3/t17-,20-/m0/s1. The number of anilines is 1. The Morgan fingerprint density at radius 2 is 2.07 bits per heavy atom. The van der Waals surface area contributed by atoms with Crippen LogP contribution in [0.2, 0.25) is 0 Å². The van der Waals surface area contributed by atoms with E-state index in [1.807, 2.05) is 28.8 Å². The van der Waals surface area contributed by atoms with Gasteiger partial charge in [0.25, 0.3) is 0 Å². The molecule has 1 amide bonds. The molecule has 7 nitrogen and oxygen atoms in total. The summed E-state index contributed by atoms with van der Waals surface area (Å²) >= 11 is 0. The summed E-state index contributed by atoms with van der Waals surface area (Å²) in [5.74, 6) is 1.34. The van der Waals surface area contributed by atoms with Crippen LogP contribution in [-0.4, -0.2) is 58.2 Å². The van der Waals surface area contributed by atoms with Crippen LogP contribution in [0.25, 0.3) is 5.65 Å². The van der Waals surface area contributed by atoms with Crippen LogP contribution >= 0.6 is 0 Å². The van der Waals surface area contributed by atoms with Gasteiger partial charge in [0.05, 0.1) is 13.2 Å². The third-order valence-electron chi connectivity index (χ3n) is 6.46. The Kier molecular flexibility index (Phi) is 5.02. The summed E-state index contributed by atoms with van der Waals surface area (Å²) in [5, 5.41) is 4.31. The molecular weight excluding hydrogens is 378 g/mol. The summed E-state index contributed by atoms with van der Waals surface area (Å²) in [6.07, 6.45) is 5.36. The van der Waals surface area contributed by atoms with Crippen molar-refractivity contribution < 1.29 is 9.53 Å². The predicted molar refractivity (Wildman–Crippen MR) is 115 cm³/mol. The van der Waals surface area contributed by atoms with Crippen molar-refractivity contribution in [2.45, 2.75) is 31.7 Å². The SMILES string of the molecule is COc1cccc(N2CCN3C(=O)[C@@H](CCCc4cccc5ncnn45)C[C@H]3C2)c1. The Hall–Kier alpha value is -3.09. The van der Waals surface area contributed by atoms with Gasteiger partial charge in [-0.05, 0) is 49.9 Å². The van der Waals surface area contributed by atoms with Crippen molar-refractivity contribution in [1.82, 2.24) is 19.5 Å². The molecule has 2 saturated heterocycles. The number of benzene rings is 1. The van der Waals surface area contributed by atoms with E-state index >= 15 is 0 Å². The average Bonchev–Trinajstić information content (AvgIpc) is 3.39. The number of fused-ring (bicyclic) bond motifs is 2. The lowest BCUT2D eigenvalue weighted by Gasteiger charge is -2.38. The highest BCUT2D eigenvalue weighted by Gasteiger charge is 2.41. The van der Waals surface area contributed by atoms with Crippen molar-refractivity contribution in [3.63, 3.8) is 0 Å². The Morgan fingerprint density at radius 1 is 1.17 bits per heavy atom. The predicted octanol–water partition coefficient (Wildman–Crippen LogP) is 2.80. The van der Waals surface area contributed by atoms with E-state index in [2.05, 4.69) is 38.1 Å². The lowest BCUT2D eigenvalue weighted by Crippen LogP contribution is -2.51. The van der Waals surface area contributed by atoms with Gasteiger partial charge in [0.15, 0.2) is 5.65 Å². The number of rotatable bonds is 6. The maximum atomic E-state index is 13.0. The van der Waals surface area contributed by atoms with Gasteiger partial charge in [0.1, 0.15) is 12.1 Å². The molecule has 7 heteroatoms. The van der Waals surface area contributed by atoms with E-state index < -0.39 is 0 Å². The number of hydrogen-bond acceptors (Lipinski definition) is 5. The number of ether oxygens (including phenoxy) is 1. The molecule has 0 spiro atoms. The van der Waals surface area contributed by atoms with Crippen LogP contribution in [0.5, 0.6) is 5.75 Å². The molecule has 2 aliphatic rings. The van der Waals surface area contributed by atoms with Crippen LogP contribution in [-0.2, 0) is 11.2 Å². The van der Waals surface area contributed by atoms with Gasteiger partial charge < -0.3 is 14.5 Å². The molecule has 0 saturated carbocycles. The van der Waals surface area contributed by atoms with Crippen molar-refractivity contribution in [1.29, 1.82) is 0 Å². The van der Waals surface area contributed by atoms with Crippen LogP contribution in [0.4, 0.5) is 5.69 Å². The molecule has 2 aliphatic heterocycles. The number of carbonyl (C=O) groups excluding carboxylic acids is 1. The quantitative estimate of drug-likeness (QED) is 0.631. The number of nitrogens with zero attached hydrogens (tertiary/aromatic N) is 5. The van der Waals surface area contributed by atoms with Crippen molar-refractivity contribution in [2.75, 3.05) is 31.6 Å². The fourth-order valence-electron chi connectivity index (χ4n) is 4.91. The summed E-state index contributed by atoms with van der Waals surface area (Å²) < 4.78 is 7.26. The second kappa shape index (κ2) is 7.97. The van der Waals surface area contributed by atoms with Crippen LogP contribution in [0, 0.1) is 5.92 Å². The van der Waals surface area contributed by atoms with Gasteiger partial charge >= 0.3 is 0 Å². The molecule has 156 valence electrons. The van der Waals surface area contributed by atoms with Crippen molar-refractivity contribution in [3.8, 4) is 5.75 Å². The van der Waals surface area contributed by atoms with Crippen LogP contribution in [0.3, 0.4) is 0 Å². The Bertz CT molecular complexity index is 1050. The van der Waals surface area contributed by atoms with Gasteiger partial charge in [-0.15, -0.1) is 0 Å². The number of carbonyl (C=O) groups is 1. The van der Waals surface area contributed by atoms with E-state index in [9.17, 15) is 4.79 Å². The maximum Gasteiger partial charge on any atom is 0.226 e. The lowest BCUT2D eigenvalue weighted by atomic mass is 9.97. The first-order chi connectivity index (χ1) is 14.7. The topological polar surface area (TPSA) is 63.0 Å². The van der Waals surface area contributed by atoms with Gasteiger partial charge in [-0.25, -0.2) is 9.50 Å². The van der Waals surface area contributed by atoms with Crippen LogP contribution in [0.1, 0.15) is 25.0 Å². The Balaban J connectivity index is 1.20. The minimum Gasteiger partial charge on any atom is -0.497 e. The molecule has 1 aromatic carbocycles. The first-order valence-corrected chi connectivity index (χ1v) is 10.7. The highest BCUT2D eigenvalue weighted by atomic mass is 16.5. The monoisotopic (exact) mass is 405 g/mol. The summed E-state index contributed by atoms with van der Waals surface area (Å²) in [7, 11) is 1.70. The zero-order chi connectivity index (χ0) is 20.5. The highest BCUT2D eigenvalue weighted by molar-refractivity contribution is 5.82. The summed E-state index contributed by atoms with van der Waals surface area (Å²) in [4.78, 5) is 21.7. The van der Waals surface area contributed by atoms with E-state index in [-0.39, 0.29) is 5.92 Å². The first-order valence-electron chi connectivity index (χ1n) is 10.7. The third-order valence-corrected chi connectivity index (χ3v) is 6.46. The minimum atomic E-state index is 0.134. The van der Waals surface area contributed by atoms with E-state index in [1.54, 1.807) is 13.4 Å². The van der Waals surface area contributed by atoms with Crippen molar-refractivity contribution >= 4 is 17.2 Å². The van der Waals surface area contributed by atoms with E-state index in [0.717, 1.165) is 62.4 Å². The molecule has 4 heterocycles. The molecule has 2 atom stereocenters. The lowest BCUT2D eigenvalue weighted by molar-refractivity contribution is -0.132. The first kappa shape index (κ1) is 18.9. The third kappa shape index (κ3) is 3.49. The average molecular weight is 406 g/mol. The molecule has 0 unspecified atom stereocenters. The molecule has 0 radical (unpaired) electrons. The fraction of sp³-hybridized carbons (Fsp3) is 0.435. The Morgan fingerprint density at radius 3 is 2.97 bits per heavy atom. The molecule has 3 aromatic rings. The summed E-state index contributed by atoms with van der Waals surface area (Å²) in [6.45, 7) is 2.57. The second-order valence-electron chi connectivity index (χ2n) is 8.20. The van der Waals surface area contributed by atoms with Gasteiger partial charge in [0, 0.05) is 43.0 Å². The van der Waals surface area contributed by atoms with Gasteiger partial charge in [-0.2, -0.15) is 5.10 Å². The zero-order valence-corrected chi connectivity index (χ0v) is 17.3. The van der Waals surface area contributed by atoms with E-state index in [0.29, 0.717) is 11.9 Å². The number of methoxy groups -OCH3 is 1. The normalized spacial score (nSPS) is 21.3. The molecular formula is C23H27N5O2. The van der Waals surface area contributed by atoms with Gasteiger partial charge in [-0.3, -0.25) is 4.79 Å². The summed E-state index contributed by atoms with van der Waals surface area (Å²) in [6, 6.07) is 14.6. The van der Waals surface area contributed by atoms with Crippen molar-refractivity contribution in [3.05, 3.63) is 54.5 Å². The smallest absolute Gasteiger partial charge is 0.226 e. The van der Waals surface area contributed by atoms with Gasteiger partial charge in [-0.1, -0.05) is 12.1 Å². The van der Waals surface area contributed by atoms with Gasteiger partial charge in [0.2, 0.25) is 5.91 Å². The second-order valence-corrected chi connectivity index (χ2v) is 8.20. The number of aromatic nitrogens is 3. The molecule has 30 heavy (non-hydrogen) atoms. The number of aryl methyl sites for hydroxylation is 1. The maximum absolute atomic E-state index is 13.0. The number of hydrogen-bond donors (Lipinski definition) is 0.